The molecule has 0 aromatic heterocycles. The topological polar surface area (TPSA) is 63.7 Å². The van der Waals surface area contributed by atoms with Crippen LogP contribution in [0.3, 0.4) is 0 Å². The molecule has 0 radical (unpaired) electrons. The molecule has 0 aromatic rings. The highest BCUT2D eigenvalue weighted by atomic mass is 19.1. The van der Waals surface area contributed by atoms with Gasteiger partial charge in [0.05, 0.1) is 5.54 Å². The molecule has 0 saturated carbocycles. The number of piperidine rings is 1. The van der Waals surface area contributed by atoms with Gasteiger partial charge in [0, 0.05) is 19.5 Å². The van der Waals surface area contributed by atoms with E-state index in [1.807, 2.05) is 4.90 Å². The van der Waals surface area contributed by atoms with Crippen molar-refractivity contribution in [1.82, 2.24) is 14.5 Å². The van der Waals surface area contributed by atoms with E-state index in [0.29, 0.717) is 18.2 Å². The van der Waals surface area contributed by atoms with Gasteiger partial charge in [0.1, 0.15) is 6.04 Å². The third-order valence-corrected chi connectivity index (χ3v) is 7.04. The number of hydrogen-bond acceptors (Lipinski definition) is 3. The van der Waals surface area contributed by atoms with Gasteiger partial charge >= 0.3 is 6.21 Å². The number of carbonyl (C=O) groups is 1. The number of nitrogens with zero attached hydrogens (tertiary/aromatic N) is 3. The van der Waals surface area contributed by atoms with Crippen LogP contribution in [-0.4, -0.2) is 72.1 Å². The van der Waals surface area contributed by atoms with Crippen molar-refractivity contribution in [2.45, 2.75) is 76.5 Å². The molecule has 27 heavy (non-hydrogen) atoms. The SMILES string of the molecule is CCCC(CC)C1(N2CCC(CN3CCCC3=O)CC2)C(N)C=[N+]=CC1F. The third kappa shape index (κ3) is 3.85. The van der Waals surface area contributed by atoms with E-state index in [9.17, 15) is 4.79 Å². The first kappa shape index (κ1) is 20.5. The van der Waals surface area contributed by atoms with Crippen molar-refractivity contribution >= 4 is 18.3 Å². The first-order valence-electron chi connectivity index (χ1n) is 10.8. The van der Waals surface area contributed by atoms with Crippen LogP contribution in [0.4, 0.5) is 4.39 Å². The Hall–Kier alpha value is -1.23. The van der Waals surface area contributed by atoms with E-state index in [1.165, 1.54) is 6.21 Å². The Labute approximate surface area is 162 Å². The fourth-order valence-corrected chi connectivity index (χ4v) is 5.60. The molecule has 6 heteroatoms. The van der Waals surface area contributed by atoms with Crippen molar-refractivity contribution in [1.29, 1.82) is 0 Å². The van der Waals surface area contributed by atoms with Crippen LogP contribution in [0.5, 0.6) is 0 Å². The van der Waals surface area contributed by atoms with E-state index in [4.69, 9.17) is 5.73 Å². The van der Waals surface area contributed by atoms with Crippen molar-refractivity contribution < 1.29 is 9.18 Å². The highest BCUT2D eigenvalue weighted by Crippen LogP contribution is 2.40. The Kier molecular flexibility index (Phi) is 6.72. The zero-order valence-corrected chi connectivity index (χ0v) is 16.9. The molecule has 2 fully saturated rings. The van der Waals surface area contributed by atoms with Crippen molar-refractivity contribution in [2.75, 3.05) is 26.2 Å². The molecular formula is C21H36FN4O+. The summed E-state index contributed by atoms with van der Waals surface area (Å²) in [5.74, 6) is 1.03. The molecule has 0 aromatic carbocycles. The maximum Gasteiger partial charge on any atom is 0.304 e. The van der Waals surface area contributed by atoms with Crippen LogP contribution < -0.4 is 10.4 Å². The number of halogens is 1. The molecule has 2 N–H and O–H groups in total. The molecule has 1 amide bonds. The second kappa shape index (κ2) is 8.85. The third-order valence-electron chi connectivity index (χ3n) is 7.04. The minimum absolute atomic E-state index is 0.215. The smallest absolute Gasteiger partial charge is 0.304 e. The molecule has 2 saturated heterocycles. The fourth-order valence-electron chi connectivity index (χ4n) is 5.60. The van der Waals surface area contributed by atoms with Crippen molar-refractivity contribution in [3.05, 3.63) is 0 Å². The average molecular weight is 380 g/mol. The van der Waals surface area contributed by atoms with E-state index in [0.717, 1.165) is 64.7 Å². The number of amides is 1. The summed E-state index contributed by atoms with van der Waals surface area (Å²) < 4.78 is 19.5. The first-order valence-corrected chi connectivity index (χ1v) is 10.8. The summed E-state index contributed by atoms with van der Waals surface area (Å²) in [6, 6.07) is -0.384. The molecule has 0 bridgehead atoms. The summed E-state index contributed by atoms with van der Waals surface area (Å²) in [6.07, 6.45) is 8.69. The van der Waals surface area contributed by atoms with Crippen molar-refractivity contribution in [3.8, 4) is 0 Å². The summed E-state index contributed by atoms with van der Waals surface area (Å²) in [6.45, 7) is 7.78. The number of likely N-dealkylation sites (tertiary alicyclic amines) is 2. The van der Waals surface area contributed by atoms with Crippen LogP contribution >= 0.6 is 0 Å². The summed E-state index contributed by atoms with van der Waals surface area (Å²) in [5, 5.41) is 0. The lowest BCUT2D eigenvalue weighted by atomic mass is 9.69. The van der Waals surface area contributed by atoms with Gasteiger partial charge in [-0.2, -0.15) is 0 Å². The van der Waals surface area contributed by atoms with Gasteiger partial charge in [-0.15, -0.1) is 4.67 Å². The van der Waals surface area contributed by atoms with Crippen LogP contribution in [0.1, 0.15) is 58.8 Å². The van der Waals surface area contributed by atoms with E-state index in [-0.39, 0.29) is 12.0 Å². The maximum atomic E-state index is 15.4. The molecule has 5 nitrogen and oxygen atoms in total. The second-order valence-electron chi connectivity index (χ2n) is 8.53. The van der Waals surface area contributed by atoms with Crippen LogP contribution in [0.15, 0.2) is 0 Å². The molecule has 3 aliphatic rings. The lowest BCUT2D eigenvalue weighted by Crippen LogP contribution is -2.72. The first-order chi connectivity index (χ1) is 13.0. The number of alkyl halides is 1. The minimum atomic E-state index is -1.13. The molecule has 0 spiro atoms. The number of rotatable bonds is 7. The molecule has 3 aliphatic heterocycles. The van der Waals surface area contributed by atoms with Gasteiger partial charge < -0.3 is 10.6 Å². The van der Waals surface area contributed by atoms with Crippen LogP contribution in [-0.2, 0) is 4.79 Å². The molecule has 4 atom stereocenters. The zero-order chi connectivity index (χ0) is 19.4. The van der Waals surface area contributed by atoms with Gasteiger partial charge in [-0.1, -0.05) is 26.7 Å². The van der Waals surface area contributed by atoms with Crippen molar-refractivity contribution in [2.24, 2.45) is 17.6 Å². The molecular weight excluding hydrogens is 343 g/mol. The van der Waals surface area contributed by atoms with Crippen LogP contribution in [0.25, 0.3) is 0 Å². The molecule has 152 valence electrons. The van der Waals surface area contributed by atoms with E-state index in [1.54, 1.807) is 6.21 Å². The Morgan fingerprint density at radius 1 is 1.30 bits per heavy atom. The Morgan fingerprint density at radius 3 is 2.59 bits per heavy atom. The fraction of sp³-hybridized carbons (Fsp3) is 0.857. The van der Waals surface area contributed by atoms with Crippen LogP contribution in [0, 0.1) is 11.8 Å². The minimum Gasteiger partial charge on any atom is -0.342 e. The number of carbonyl (C=O) groups excluding carboxylic acids is 1. The predicted molar refractivity (Wildman–Crippen MR) is 109 cm³/mol. The maximum absolute atomic E-state index is 15.4. The van der Waals surface area contributed by atoms with Gasteiger partial charge in [0.25, 0.3) is 6.21 Å². The van der Waals surface area contributed by atoms with Gasteiger partial charge in [-0.25, -0.2) is 4.39 Å². The lowest BCUT2D eigenvalue weighted by Gasteiger charge is -2.52. The van der Waals surface area contributed by atoms with Crippen LogP contribution in [0.2, 0.25) is 0 Å². The summed E-state index contributed by atoms with van der Waals surface area (Å²) >= 11 is 0. The normalized spacial score (nSPS) is 33.8. The summed E-state index contributed by atoms with van der Waals surface area (Å²) in [4.78, 5) is 16.3. The summed E-state index contributed by atoms with van der Waals surface area (Å²) in [7, 11) is 0. The highest BCUT2D eigenvalue weighted by molar-refractivity contribution is 5.80. The monoisotopic (exact) mass is 379 g/mol. The number of nitrogens with two attached hydrogens (primary N) is 1. The Balaban J connectivity index is 1.73. The standard InChI is InChI=1S/C21H36FN4O/c1-3-6-17(4-2)21(18(22)13-24-14-19(21)23)26-11-8-16(9-12-26)15-25-10-5-7-20(25)27/h13-14,16-19H,3-12,15,23H2,1-2H3/q+1. The molecule has 0 aliphatic carbocycles. The molecule has 4 unspecified atom stereocenters. The highest BCUT2D eigenvalue weighted by Gasteiger charge is 2.57. The van der Waals surface area contributed by atoms with E-state index < -0.39 is 11.7 Å². The van der Waals surface area contributed by atoms with Gasteiger partial charge in [-0.05, 0) is 50.6 Å². The lowest BCUT2D eigenvalue weighted by molar-refractivity contribution is -0.128. The van der Waals surface area contributed by atoms with E-state index >= 15 is 4.39 Å². The largest absolute Gasteiger partial charge is 0.342 e. The quantitative estimate of drug-likeness (QED) is 0.686. The predicted octanol–water partition coefficient (Wildman–Crippen LogP) is 1.77. The molecule has 3 rings (SSSR count). The number of hydrogen-bond donors (Lipinski definition) is 1. The summed E-state index contributed by atoms with van der Waals surface area (Å²) in [5.41, 5.74) is 5.84. The average Bonchev–Trinajstić information content (AvgIpc) is 3.06. The Morgan fingerprint density at radius 2 is 2.04 bits per heavy atom. The zero-order valence-electron chi connectivity index (χ0n) is 16.9. The molecule has 3 heterocycles. The van der Waals surface area contributed by atoms with Gasteiger partial charge in [-0.3, -0.25) is 9.69 Å². The van der Waals surface area contributed by atoms with E-state index in [2.05, 4.69) is 23.4 Å². The second-order valence-corrected chi connectivity index (χ2v) is 8.53. The Bertz CT molecular complexity index is 567. The van der Waals surface area contributed by atoms with Gasteiger partial charge in [0.2, 0.25) is 12.1 Å². The van der Waals surface area contributed by atoms with Crippen molar-refractivity contribution in [3.63, 3.8) is 0 Å². The van der Waals surface area contributed by atoms with Gasteiger partial charge in [0.15, 0.2) is 0 Å².